The molecule has 0 aliphatic carbocycles. The third-order valence-electron chi connectivity index (χ3n) is 4.65. The van der Waals surface area contributed by atoms with E-state index in [1.165, 1.54) is 35.6 Å². The van der Waals surface area contributed by atoms with E-state index in [1.54, 1.807) is 48.5 Å². The molecule has 0 fully saturated rings. The number of hydrogen-bond acceptors (Lipinski definition) is 4. The Morgan fingerprint density at radius 2 is 1.63 bits per heavy atom. The lowest BCUT2D eigenvalue weighted by molar-refractivity contribution is 0.102. The van der Waals surface area contributed by atoms with Crippen LogP contribution in [0.5, 0.6) is 0 Å². The number of carbonyl (C=O) groups is 1. The molecule has 1 aromatic heterocycles. The molecule has 3 aromatic carbocycles. The first-order valence-electron chi connectivity index (χ1n) is 9.02. The summed E-state index contributed by atoms with van der Waals surface area (Å²) in [5.41, 5.74) is 2.02. The number of fused-ring (bicyclic) bond motifs is 1. The number of rotatable bonds is 5. The molecule has 152 valence electrons. The fourth-order valence-corrected chi connectivity index (χ4v) is 4.29. The van der Waals surface area contributed by atoms with Gasteiger partial charge in [-0.15, -0.1) is 0 Å². The number of benzene rings is 3. The highest BCUT2D eigenvalue weighted by molar-refractivity contribution is 7.92. The van der Waals surface area contributed by atoms with E-state index in [-0.39, 0.29) is 16.1 Å². The smallest absolute Gasteiger partial charge is 0.322 e. The Morgan fingerprint density at radius 3 is 2.40 bits per heavy atom. The third kappa shape index (κ3) is 3.70. The Morgan fingerprint density at radius 1 is 0.900 bits per heavy atom. The highest BCUT2D eigenvalue weighted by Crippen LogP contribution is 2.23. The molecule has 0 unspecified atom stereocenters. The topological polar surface area (TPSA) is 115 Å². The van der Waals surface area contributed by atoms with Crippen LogP contribution in [0.25, 0.3) is 11.0 Å². The van der Waals surface area contributed by atoms with Crippen molar-refractivity contribution in [1.82, 2.24) is 9.97 Å². The second-order valence-electron chi connectivity index (χ2n) is 6.63. The molecule has 4 aromatic rings. The van der Waals surface area contributed by atoms with Crippen molar-refractivity contribution in [3.8, 4) is 0 Å². The Balaban J connectivity index is 1.60. The van der Waals surface area contributed by atoms with Gasteiger partial charge < -0.3 is 15.3 Å². The quantitative estimate of drug-likeness (QED) is 0.459. The van der Waals surface area contributed by atoms with Gasteiger partial charge in [-0.05, 0) is 48.5 Å². The molecule has 8 nitrogen and oxygen atoms in total. The molecule has 0 radical (unpaired) electrons. The molecule has 3 N–H and O–H groups in total. The maximum Gasteiger partial charge on any atom is 0.323 e. The van der Waals surface area contributed by atoms with Crippen molar-refractivity contribution < 1.29 is 13.2 Å². The summed E-state index contributed by atoms with van der Waals surface area (Å²) in [6.45, 7) is 0. The van der Waals surface area contributed by atoms with Crippen molar-refractivity contribution in [2.45, 2.75) is 4.90 Å². The average molecular weight is 422 g/mol. The fraction of sp³-hybridized carbons (Fsp3) is 0.0476. The van der Waals surface area contributed by atoms with Crippen LogP contribution >= 0.6 is 0 Å². The maximum atomic E-state index is 13.0. The summed E-state index contributed by atoms with van der Waals surface area (Å²) >= 11 is 0. The lowest BCUT2D eigenvalue weighted by Crippen LogP contribution is -2.26. The van der Waals surface area contributed by atoms with Crippen LogP contribution in [-0.4, -0.2) is 31.3 Å². The average Bonchev–Trinajstić information content (AvgIpc) is 3.13. The molecule has 1 heterocycles. The number of nitrogens with one attached hydrogen (secondary N) is 3. The molecular weight excluding hydrogens is 404 g/mol. The van der Waals surface area contributed by atoms with Crippen molar-refractivity contribution >= 4 is 38.3 Å². The van der Waals surface area contributed by atoms with E-state index in [1.807, 2.05) is 0 Å². The van der Waals surface area contributed by atoms with Gasteiger partial charge in [0.05, 0.1) is 21.6 Å². The Hall–Kier alpha value is -3.85. The number of aromatic amines is 2. The van der Waals surface area contributed by atoms with Crippen molar-refractivity contribution in [2.75, 3.05) is 16.7 Å². The summed E-state index contributed by atoms with van der Waals surface area (Å²) < 4.78 is 27.1. The molecule has 0 atom stereocenters. The lowest BCUT2D eigenvalue weighted by atomic mass is 10.2. The van der Waals surface area contributed by atoms with Gasteiger partial charge in [0.2, 0.25) is 0 Å². The molecule has 0 aliphatic heterocycles. The van der Waals surface area contributed by atoms with Crippen LogP contribution in [-0.2, 0) is 10.0 Å². The molecule has 9 heteroatoms. The zero-order valence-electron chi connectivity index (χ0n) is 15.9. The van der Waals surface area contributed by atoms with E-state index in [9.17, 15) is 18.0 Å². The predicted octanol–water partition coefficient (Wildman–Crippen LogP) is 2.93. The number of hydrogen-bond donors (Lipinski definition) is 3. The van der Waals surface area contributed by atoms with Gasteiger partial charge in [0, 0.05) is 18.3 Å². The first kappa shape index (κ1) is 19.5. The van der Waals surface area contributed by atoms with Crippen molar-refractivity contribution in [1.29, 1.82) is 0 Å². The molecule has 0 saturated carbocycles. The van der Waals surface area contributed by atoms with Crippen LogP contribution in [0.3, 0.4) is 0 Å². The van der Waals surface area contributed by atoms with Gasteiger partial charge in [0.15, 0.2) is 0 Å². The Labute approximate surface area is 172 Å². The van der Waals surface area contributed by atoms with Crippen LogP contribution in [0.2, 0.25) is 0 Å². The van der Waals surface area contributed by atoms with Crippen LogP contribution in [0, 0.1) is 0 Å². The zero-order valence-corrected chi connectivity index (χ0v) is 16.7. The van der Waals surface area contributed by atoms with Gasteiger partial charge in [-0.25, -0.2) is 13.2 Å². The number of aromatic nitrogens is 2. The Bertz CT molecular complexity index is 1390. The van der Waals surface area contributed by atoms with E-state index in [4.69, 9.17) is 0 Å². The van der Waals surface area contributed by atoms with E-state index < -0.39 is 15.9 Å². The van der Waals surface area contributed by atoms with E-state index >= 15 is 0 Å². The summed E-state index contributed by atoms with van der Waals surface area (Å²) in [7, 11) is -2.37. The highest BCUT2D eigenvalue weighted by atomic mass is 32.2. The minimum Gasteiger partial charge on any atom is -0.322 e. The van der Waals surface area contributed by atoms with Gasteiger partial charge in [0.25, 0.3) is 15.9 Å². The summed E-state index contributed by atoms with van der Waals surface area (Å²) in [6, 6.07) is 19.4. The van der Waals surface area contributed by atoms with Crippen molar-refractivity contribution in [3.05, 3.63) is 88.8 Å². The van der Waals surface area contributed by atoms with E-state index in [0.29, 0.717) is 22.4 Å². The number of amides is 1. The second kappa shape index (κ2) is 7.53. The molecular formula is C21H18N4O4S. The third-order valence-corrected chi connectivity index (χ3v) is 6.43. The SMILES string of the molecule is CN(c1ccccc1)S(=O)(=O)c1cccc(C(=O)Nc2ccc3[nH]c(=O)[nH]c3c2)c1. The van der Waals surface area contributed by atoms with Crippen LogP contribution in [0.1, 0.15) is 10.4 Å². The van der Waals surface area contributed by atoms with Crippen LogP contribution < -0.4 is 15.3 Å². The number of anilines is 2. The molecule has 0 saturated heterocycles. The summed E-state index contributed by atoms with van der Waals surface area (Å²) in [5, 5.41) is 2.72. The minimum atomic E-state index is -3.84. The van der Waals surface area contributed by atoms with Gasteiger partial charge in [-0.1, -0.05) is 24.3 Å². The summed E-state index contributed by atoms with van der Waals surface area (Å²) in [4.78, 5) is 29.3. The van der Waals surface area contributed by atoms with Gasteiger partial charge in [-0.3, -0.25) is 9.10 Å². The van der Waals surface area contributed by atoms with Gasteiger partial charge >= 0.3 is 5.69 Å². The number of imidazole rings is 1. The highest BCUT2D eigenvalue weighted by Gasteiger charge is 2.22. The monoisotopic (exact) mass is 422 g/mol. The standard InChI is InChI=1S/C21H18N4O4S/c1-25(16-7-3-2-4-8-16)30(28,29)17-9-5-6-14(12-17)20(26)22-15-10-11-18-19(13-15)24-21(27)23-18/h2-13H,1H3,(H,22,26)(H2,23,24,27). The molecule has 30 heavy (non-hydrogen) atoms. The number of carbonyl (C=O) groups excluding carboxylic acids is 1. The fourth-order valence-electron chi connectivity index (χ4n) is 3.05. The maximum absolute atomic E-state index is 13.0. The predicted molar refractivity (Wildman–Crippen MR) is 115 cm³/mol. The van der Waals surface area contributed by atoms with E-state index in [0.717, 1.165) is 0 Å². The first-order chi connectivity index (χ1) is 14.3. The number of para-hydroxylation sites is 1. The minimum absolute atomic E-state index is 0.00641. The largest absolute Gasteiger partial charge is 0.323 e. The zero-order chi connectivity index (χ0) is 21.3. The van der Waals surface area contributed by atoms with Crippen LogP contribution in [0.15, 0.2) is 82.5 Å². The lowest BCUT2D eigenvalue weighted by Gasteiger charge is -2.19. The molecule has 4 rings (SSSR count). The number of sulfonamides is 1. The Kier molecular flexibility index (Phi) is 4.88. The molecule has 0 bridgehead atoms. The van der Waals surface area contributed by atoms with Crippen molar-refractivity contribution in [2.24, 2.45) is 0 Å². The van der Waals surface area contributed by atoms with Gasteiger partial charge in [0.1, 0.15) is 0 Å². The summed E-state index contributed by atoms with van der Waals surface area (Å²) in [5.74, 6) is -0.466. The number of H-pyrrole nitrogens is 2. The van der Waals surface area contributed by atoms with Crippen molar-refractivity contribution in [3.63, 3.8) is 0 Å². The van der Waals surface area contributed by atoms with Gasteiger partial charge in [-0.2, -0.15) is 0 Å². The summed E-state index contributed by atoms with van der Waals surface area (Å²) in [6.07, 6.45) is 0. The first-order valence-corrected chi connectivity index (χ1v) is 10.5. The molecule has 0 aliphatic rings. The number of nitrogens with zero attached hydrogens (tertiary/aromatic N) is 1. The molecule has 1 amide bonds. The van der Waals surface area contributed by atoms with E-state index in [2.05, 4.69) is 15.3 Å². The normalized spacial score (nSPS) is 11.4. The second-order valence-corrected chi connectivity index (χ2v) is 8.60. The van der Waals surface area contributed by atoms with Crippen LogP contribution in [0.4, 0.5) is 11.4 Å². The molecule has 0 spiro atoms.